The molecule has 0 saturated heterocycles. The second kappa shape index (κ2) is 9.15. The fourth-order valence-electron chi connectivity index (χ4n) is 1.25. The molecule has 0 saturated carbocycles. The van der Waals surface area contributed by atoms with Crippen LogP contribution in [0.15, 0.2) is 0 Å². The van der Waals surface area contributed by atoms with E-state index in [0.717, 1.165) is 4.90 Å². The van der Waals surface area contributed by atoms with Gasteiger partial charge in [-0.05, 0) is 13.8 Å². The summed E-state index contributed by atoms with van der Waals surface area (Å²) < 4.78 is 4.76. The third kappa shape index (κ3) is 7.98. The Hall–Kier alpha value is -1.83. The summed E-state index contributed by atoms with van der Waals surface area (Å²) in [4.78, 5) is 34.8. The third-order valence-corrected chi connectivity index (χ3v) is 2.22. The standard InChI is InChI=1S/C11H21N3O5/c1-8(2)14(7-10(16)17)11(18)13-6-9(15)12-4-5-19-3/h8H,4-7H2,1-3H3,(H,12,15)(H,13,18)(H,16,17). The summed E-state index contributed by atoms with van der Waals surface area (Å²) in [6.07, 6.45) is 0. The van der Waals surface area contributed by atoms with Gasteiger partial charge in [-0.25, -0.2) is 4.79 Å². The first kappa shape index (κ1) is 17.2. The lowest BCUT2D eigenvalue weighted by molar-refractivity contribution is -0.138. The van der Waals surface area contributed by atoms with Gasteiger partial charge in [-0.15, -0.1) is 0 Å². The molecule has 0 radical (unpaired) electrons. The van der Waals surface area contributed by atoms with Crippen molar-refractivity contribution >= 4 is 17.9 Å². The average Bonchev–Trinajstić information content (AvgIpc) is 2.32. The molecule has 8 heteroatoms. The highest BCUT2D eigenvalue weighted by atomic mass is 16.5. The SMILES string of the molecule is COCCNC(=O)CNC(=O)N(CC(=O)O)C(C)C. The molecule has 19 heavy (non-hydrogen) atoms. The summed E-state index contributed by atoms with van der Waals surface area (Å²) in [5.41, 5.74) is 0. The van der Waals surface area contributed by atoms with Gasteiger partial charge >= 0.3 is 12.0 Å². The summed E-state index contributed by atoms with van der Waals surface area (Å²) in [7, 11) is 1.51. The van der Waals surface area contributed by atoms with Crippen LogP contribution in [0.25, 0.3) is 0 Å². The van der Waals surface area contributed by atoms with Crippen LogP contribution >= 0.6 is 0 Å². The Morgan fingerprint density at radius 1 is 1.26 bits per heavy atom. The Morgan fingerprint density at radius 2 is 1.89 bits per heavy atom. The van der Waals surface area contributed by atoms with Crippen molar-refractivity contribution in [3.05, 3.63) is 0 Å². The Kier molecular flexibility index (Phi) is 8.27. The van der Waals surface area contributed by atoms with Gasteiger partial charge in [-0.1, -0.05) is 0 Å². The smallest absolute Gasteiger partial charge is 0.323 e. The molecule has 0 atom stereocenters. The van der Waals surface area contributed by atoms with E-state index in [2.05, 4.69) is 10.6 Å². The van der Waals surface area contributed by atoms with E-state index in [1.807, 2.05) is 0 Å². The molecule has 0 aromatic carbocycles. The number of urea groups is 1. The molecule has 0 heterocycles. The number of ether oxygens (including phenoxy) is 1. The molecule has 0 aliphatic carbocycles. The number of nitrogens with zero attached hydrogens (tertiary/aromatic N) is 1. The Labute approximate surface area is 112 Å². The van der Waals surface area contributed by atoms with Crippen LogP contribution in [0, 0.1) is 0 Å². The molecule has 0 fully saturated rings. The van der Waals surface area contributed by atoms with Gasteiger partial charge in [0.1, 0.15) is 6.54 Å². The predicted octanol–water partition coefficient (Wildman–Crippen LogP) is -0.746. The second-order valence-electron chi connectivity index (χ2n) is 4.12. The second-order valence-corrected chi connectivity index (χ2v) is 4.12. The number of nitrogens with one attached hydrogen (secondary N) is 2. The highest BCUT2D eigenvalue weighted by molar-refractivity contribution is 5.85. The Bertz CT molecular complexity index is 319. The number of hydrogen-bond acceptors (Lipinski definition) is 4. The van der Waals surface area contributed by atoms with Crippen molar-refractivity contribution in [2.75, 3.05) is 33.4 Å². The summed E-state index contributed by atoms with van der Waals surface area (Å²) in [5, 5.41) is 13.6. The van der Waals surface area contributed by atoms with Crippen LogP contribution in [0.2, 0.25) is 0 Å². The summed E-state index contributed by atoms with van der Waals surface area (Å²) in [5.74, 6) is -1.46. The average molecular weight is 275 g/mol. The normalized spacial score (nSPS) is 10.1. The van der Waals surface area contributed by atoms with Gasteiger partial charge in [0.05, 0.1) is 13.2 Å². The zero-order valence-electron chi connectivity index (χ0n) is 11.4. The van der Waals surface area contributed by atoms with E-state index in [9.17, 15) is 14.4 Å². The van der Waals surface area contributed by atoms with Crippen molar-refractivity contribution in [1.29, 1.82) is 0 Å². The number of hydrogen-bond donors (Lipinski definition) is 3. The molecule has 0 aromatic rings. The van der Waals surface area contributed by atoms with E-state index in [1.165, 1.54) is 7.11 Å². The largest absolute Gasteiger partial charge is 0.480 e. The molecule has 3 amide bonds. The van der Waals surface area contributed by atoms with E-state index in [1.54, 1.807) is 13.8 Å². The van der Waals surface area contributed by atoms with Crippen LogP contribution in [-0.4, -0.2) is 67.3 Å². The minimum Gasteiger partial charge on any atom is -0.480 e. The third-order valence-electron chi connectivity index (χ3n) is 2.22. The molecule has 3 N–H and O–H groups in total. The molecule has 0 aliphatic rings. The molecule has 0 unspecified atom stereocenters. The number of rotatable bonds is 8. The van der Waals surface area contributed by atoms with Gasteiger partial charge in [0.15, 0.2) is 0 Å². The van der Waals surface area contributed by atoms with Crippen LogP contribution in [0.5, 0.6) is 0 Å². The van der Waals surface area contributed by atoms with E-state index < -0.39 is 18.5 Å². The van der Waals surface area contributed by atoms with Gasteiger partial charge < -0.3 is 25.4 Å². The Balaban J connectivity index is 4.12. The number of carbonyl (C=O) groups is 3. The monoisotopic (exact) mass is 275 g/mol. The number of amides is 3. The molecule has 8 nitrogen and oxygen atoms in total. The summed E-state index contributed by atoms with van der Waals surface area (Å²) >= 11 is 0. The molecule has 0 rings (SSSR count). The van der Waals surface area contributed by atoms with E-state index in [-0.39, 0.29) is 18.5 Å². The van der Waals surface area contributed by atoms with Crippen molar-refractivity contribution in [2.45, 2.75) is 19.9 Å². The highest BCUT2D eigenvalue weighted by Gasteiger charge is 2.19. The molecule has 0 aromatic heterocycles. The number of methoxy groups -OCH3 is 1. The topological polar surface area (TPSA) is 108 Å². The van der Waals surface area contributed by atoms with E-state index in [4.69, 9.17) is 9.84 Å². The summed E-state index contributed by atoms with van der Waals surface area (Å²) in [6.45, 7) is 3.52. The minimum atomic E-state index is -1.10. The van der Waals surface area contributed by atoms with Crippen molar-refractivity contribution in [3.63, 3.8) is 0 Å². The fourth-order valence-corrected chi connectivity index (χ4v) is 1.25. The van der Waals surface area contributed by atoms with E-state index in [0.29, 0.717) is 13.2 Å². The van der Waals surface area contributed by atoms with Crippen molar-refractivity contribution in [2.24, 2.45) is 0 Å². The number of carboxylic acids is 1. The van der Waals surface area contributed by atoms with Gasteiger partial charge in [-0.2, -0.15) is 0 Å². The molecule has 0 aliphatic heterocycles. The zero-order valence-corrected chi connectivity index (χ0v) is 11.4. The van der Waals surface area contributed by atoms with Gasteiger partial charge in [0.2, 0.25) is 5.91 Å². The maximum Gasteiger partial charge on any atom is 0.323 e. The maximum absolute atomic E-state index is 11.7. The number of carbonyl (C=O) groups excluding carboxylic acids is 2. The molecule has 0 bridgehead atoms. The minimum absolute atomic E-state index is 0.203. The van der Waals surface area contributed by atoms with Crippen LogP contribution in [0.3, 0.4) is 0 Å². The first-order chi connectivity index (χ1) is 8.88. The van der Waals surface area contributed by atoms with Crippen molar-refractivity contribution in [1.82, 2.24) is 15.5 Å². The Morgan fingerprint density at radius 3 is 2.37 bits per heavy atom. The molecular formula is C11H21N3O5. The lowest BCUT2D eigenvalue weighted by Gasteiger charge is -2.24. The van der Waals surface area contributed by atoms with Gasteiger partial charge in [0, 0.05) is 19.7 Å². The first-order valence-electron chi connectivity index (χ1n) is 5.90. The zero-order chi connectivity index (χ0) is 14.8. The lowest BCUT2D eigenvalue weighted by Crippen LogP contribution is -2.49. The van der Waals surface area contributed by atoms with Crippen LogP contribution in [0.1, 0.15) is 13.8 Å². The number of carboxylic acid groups (broad SMARTS) is 1. The predicted molar refractivity (Wildman–Crippen MR) is 67.8 cm³/mol. The molecule has 0 spiro atoms. The van der Waals surface area contributed by atoms with E-state index >= 15 is 0 Å². The van der Waals surface area contributed by atoms with Crippen molar-refractivity contribution < 1.29 is 24.2 Å². The maximum atomic E-state index is 11.7. The van der Waals surface area contributed by atoms with Crippen LogP contribution in [-0.2, 0) is 14.3 Å². The van der Waals surface area contributed by atoms with Crippen LogP contribution < -0.4 is 10.6 Å². The fraction of sp³-hybridized carbons (Fsp3) is 0.727. The van der Waals surface area contributed by atoms with Crippen molar-refractivity contribution in [3.8, 4) is 0 Å². The first-order valence-corrected chi connectivity index (χ1v) is 5.90. The van der Waals surface area contributed by atoms with Gasteiger partial charge in [0.25, 0.3) is 0 Å². The lowest BCUT2D eigenvalue weighted by atomic mass is 10.3. The molecule has 110 valence electrons. The van der Waals surface area contributed by atoms with Gasteiger partial charge in [-0.3, -0.25) is 9.59 Å². The quantitative estimate of drug-likeness (QED) is 0.505. The molecular weight excluding hydrogens is 254 g/mol. The van der Waals surface area contributed by atoms with Crippen LogP contribution in [0.4, 0.5) is 4.79 Å². The summed E-state index contributed by atoms with van der Waals surface area (Å²) in [6, 6.07) is -0.855. The highest BCUT2D eigenvalue weighted by Crippen LogP contribution is 1.98. The number of aliphatic carboxylic acids is 1.